The van der Waals surface area contributed by atoms with Gasteiger partial charge in [0.15, 0.2) is 11.6 Å². The molecule has 0 spiro atoms. The van der Waals surface area contributed by atoms with Gasteiger partial charge in [-0.05, 0) is 170 Å². The molecule has 14 nitrogen and oxygen atoms in total. The molecule has 0 bridgehead atoms. The van der Waals surface area contributed by atoms with E-state index in [1.807, 2.05) is 48.5 Å². The van der Waals surface area contributed by atoms with Crippen LogP contribution in [0.5, 0.6) is 40.2 Å². The minimum Gasteiger partial charge on any atom is -0.494 e. The van der Waals surface area contributed by atoms with Crippen LogP contribution in [0.4, 0.5) is 17.6 Å². The van der Waals surface area contributed by atoms with E-state index >= 15 is 0 Å². The summed E-state index contributed by atoms with van der Waals surface area (Å²) < 4.78 is 109. The van der Waals surface area contributed by atoms with Crippen LogP contribution in [0.1, 0.15) is 146 Å². The number of hydrogen-bond donors (Lipinski definition) is 0. The molecular formula is C68H76F4O14. The Bertz CT molecular complexity index is 3100. The Kier molecular flexibility index (Phi) is 24.2. The molecule has 0 radical (unpaired) electrons. The number of carbonyl (C=O) groups is 3. The minimum atomic E-state index is -5.03. The number of fused-ring (bicyclic) bond motifs is 3. The smallest absolute Gasteiger partial charge is 0.494 e. The molecule has 0 amide bonds. The molecule has 6 aromatic rings. The predicted molar refractivity (Wildman–Crippen MR) is 315 cm³/mol. The van der Waals surface area contributed by atoms with Gasteiger partial charge in [-0.15, -0.1) is 13.2 Å². The maximum Gasteiger partial charge on any atom is 0.573 e. The van der Waals surface area contributed by atoms with Crippen molar-refractivity contribution in [3.05, 3.63) is 161 Å². The average Bonchev–Trinajstić information content (AvgIpc) is 2.35. The largest absolute Gasteiger partial charge is 0.573 e. The number of ether oxygens (including phenoxy) is 11. The first-order chi connectivity index (χ1) is 41.6. The summed E-state index contributed by atoms with van der Waals surface area (Å²) in [5.74, 6) is -1.21. The highest BCUT2D eigenvalue weighted by atomic mass is 19.4. The van der Waals surface area contributed by atoms with Gasteiger partial charge in [-0.3, -0.25) is 0 Å². The lowest BCUT2D eigenvalue weighted by molar-refractivity contribution is -0.275. The summed E-state index contributed by atoms with van der Waals surface area (Å²) in [7, 11) is 0. The second-order valence-corrected chi connectivity index (χ2v) is 21.9. The van der Waals surface area contributed by atoms with E-state index in [2.05, 4.69) is 25.5 Å². The van der Waals surface area contributed by atoms with Crippen LogP contribution >= 0.6 is 0 Å². The Balaban J connectivity index is 0.000000240. The Morgan fingerprint density at radius 1 is 0.523 bits per heavy atom. The molecular weight excluding hydrogens is 1120 g/mol. The Hall–Kier alpha value is -7.51. The summed E-state index contributed by atoms with van der Waals surface area (Å²) in [6.07, 6.45) is 8.27. The van der Waals surface area contributed by atoms with Crippen molar-refractivity contribution in [3.63, 3.8) is 0 Å². The van der Waals surface area contributed by atoms with Crippen LogP contribution in [0.15, 0.2) is 127 Å². The lowest BCUT2D eigenvalue weighted by atomic mass is 9.90. The quantitative estimate of drug-likeness (QED) is 0.0126. The van der Waals surface area contributed by atoms with E-state index in [-0.39, 0.29) is 22.6 Å². The Morgan fingerprint density at radius 3 is 1.35 bits per heavy atom. The summed E-state index contributed by atoms with van der Waals surface area (Å²) in [6.45, 7) is 13.5. The van der Waals surface area contributed by atoms with E-state index in [9.17, 15) is 31.9 Å². The van der Waals surface area contributed by atoms with Crippen LogP contribution in [0.2, 0.25) is 0 Å². The number of rotatable bonds is 33. The molecule has 2 unspecified atom stereocenters. The number of halogens is 4. The molecule has 2 atom stereocenters. The summed E-state index contributed by atoms with van der Waals surface area (Å²) in [6, 6.07) is 34.1. The van der Waals surface area contributed by atoms with Gasteiger partial charge in [-0.1, -0.05) is 71.4 Å². The third kappa shape index (κ3) is 20.6. The molecule has 3 aliphatic rings. The molecule has 2 heterocycles. The van der Waals surface area contributed by atoms with E-state index in [0.717, 1.165) is 118 Å². The van der Waals surface area contributed by atoms with E-state index in [1.54, 1.807) is 48.5 Å². The van der Waals surface area contributed by atoms with Gasteiger partial charge in [0.25, 0.3) is 0 Å². The molecule has 6 aromatic carbocycles. The van der Waals surface area contributed by atoms with Crippen LogP contribution in [0, 0.1) is 11.2 Å². The summed E-state index contributed by atoms with van der Waals surface area (Å²) in [4.78, 5) is 38.2. The number of unbranched alkanes of at least 4 members (excludes halogenated alkanes) is 9. The number of benzene rings is 6. The first kappa shape index (κ1) is 64.5. The van der Waals surface area contributed by atoms with Crippen molar-refractivity contribution in [2.75, 3.05) is 66.1 Å². The van der Waals surface area contributed by atoms with Crippen molar-refractivity contribution in [1.29, 1.82) is 0 Å². The van der Waals surface area contributed by atoms with Gasteiger partial charge in [-0.25, -0.2) is 18.8 Å². The average molecular weight is 1190 g/mol. The van der Waals surface area contributed by atoms with E-state index in [1.165, 1.54) is 44.2 Å². The molecule has 460 valence electrons. The molecule has 2 fully saturated rings. The van der Waals surface area contributed by atoms with Gasteiger partial charge in [0, 0.05) is 30.6 Å². The molecule has 86 heavy (non-hydrogen) atoms. The highest BCUT2D eigenvalue weighted by Crippen LogP contribution is 2.47. The topological polar surface area (TPSA) is 156 Å². The van der Waals surface area contributed by atoms with Crippen LogP contribution in [0.3, 0.4) is 0 Å². The minimum absolute atomic E-state index is 0.0191. The molecule has 1 aliphatic carbocycles. The van der Waals surface area contributed by atoms with Crippen molar-refractivity contribution in [2.45, 2.75) is 116 Å². The van der Waals surface area contributed by atoms with Gasteiger partial charge >= 0.3 is 24.3 Å². The summed E-state index contributed by atoms with van der Waals surface area (Å²) in [5.41, 5.74) is 5.49. The number of carbonyl (C=O) groups excluding carboxylic acids is 3. The van der Waals surface area contributed by atoms with Gasteiger partial charge in [0.2, 0.25) is 0 Å². The molecule has 2 saturated heterocycles. The van der Waals surface area contributed by atoms with E-state index in [4.69, 9.17) is 47.4 Å². The summed E-state index contributed by atoms with van der Waals surface area (Å²) in [5, 5.41) is 0. The van der Waals surface area contributed by atoms with Gasteiger partial charge in [0.1, 0.15) is 40.6 Å². The first-order valence-electron chi connectivity index (χ1n) is 29.7. The molecule has 2 aliphatic heterocycles. The van der Waals surface area contributed by atoms with Crippen molar-refractivity contribution in [1.82, 2.24) is 0 Å². The Morgan fingerprint density at radius 2 is 0.919 bits per heavy atom. The number of alkyl halides is 3. The van der Waals surface area contributed by atoms with E-state index < -0.39 is 35.8 Å². The predicted octanol–water partition coefficient (Wildman–Crippen LogP) is 15.5. The van der Waals surface area contributed by atoms with Crippen LogP contribution in [-0.2, 0) is 18.9 Å². The standard InChI is InChI=1S/C43H48O8.C25H28F4O6/c1-3-4-5-6-7-8-24-47-33-15-11-31(12-16-33)42(44)50-35-19-21-38-39-22-20-36(27-41(39)30(2)40(38)26-35)51-43(45)32-13-17-34(18-14-32)48-25-10-9-23-46-28-37-29-49-37;1-24(16-32-17-24)15-31-12-4-2-3-5-13-33-19-8-6-18(7-9-19)23(30)34-20-10-11-22(21(26)14-20)35-25(27,28)29/h11-22,26-27,30,37H,3-10,23-25,28-29H2,1-2H3;6-11,14H,2-5,12-13,15-17H2,1H3. The number of esters is 3. The first-order valence-corrected chi connectivity index (χ1v) is 29.7. The van der Waals surface area contributed by atoms with Crippen molar-refractivity contribution in [3.8, 4) is 51.4 Å². The van der Waals surface area contributed by atoms with Gasteiger partial charge < -0.3 is 52.1 Å². The maximum atomic E-state index is 13.8. The van der Waals surface area contributed by atoms with Crippen LogP contribution < -0.4 is 33.2 Å². The second kappa shape index (κ2) is 32.3. The maximum absolute atomic E-state index is 13.8. The molecule has 0 N–H and O–H groups in total. The monoisotopic (exact) mass is 1190 g/mol. The van der Waals surface area contributed by atoms with Crippen LogP contribution in [-0.4, -0.2) is 96.4 Å². The normalized spacial score (nSPS) is 15.2. The third-order valence-electron chi connectivity index (χ3n) is 14.5. The van der Waals surface area contributed by atoms with Crippen LogP contribution in [0.25, 0.3) is 11.1 Å². The van der Waals surface area contributed by atoms with Crippen molar-refractivity contribution in [2.24, 2.45) is 5.41 Å². The number of hydrogen-bond acceptors (Lipinski definition) is 14. The molecule has 18 heteroatoms. The fraction of sp³-hybridized carbons (Fsp3) is 0.426. The fourth-order valence-electron chi connectivity index (χ4n) is 9.55. The number of epoxide rings is 1. The lowest BCUT2D eigenvalue weighted by Gasteiger charge is -2.37. The lowest BCUT2D eigenvalue weighted by Crippen LogP contribution is -2.43. The van der Waals surface area contributed by atoms with E-state index in [0.29, 0.717) is 79.3 Å². The zero-order valence-electron chi connectivity index (χ0n) is 49.1. The SMILES string of the molecule is CC1(COCCCCCCOc2ccc(C(=O)Oc3ccc(OC(F)(F)F)c(F)c3)cc2)COC1.CCCCCCCCOc1ccc(C(=O)Oc2ccc3c(c2)C(C)c2cc(OC(=O)c4ccc(OCCCCOCC5CO5)cc4)ccc2-3)cc1. The zero-order chi connectivity index (χ0) is 60.7. The zero-order valence-corrected chi connectivity index (χ0v) is 49.1. The highest BCUT2D eigenvalue weighted by Gasteiger charge is 2.34. The molecule has 0 aromatic heterocycles. The second-order valence-electron chi connectivity index (χ2n) is 21.9. The van der Waals surface area contributed by atoms with Crippen molar-refractivity contribution >= 4 is 17.9 Å². The molecule has 0 saturated carbocycles. The Labute approximate surface area is 500 Å². The molecule has 9 rings (SSSR count). The van der Waals surface area contributed by atoms with Gasteiger partial charge in [-0.2, -0.15) is 0 Å². The van der Waals surface area contributed by atoms with Crippen molar-refractivity contribution < 1.29 is 84.1 Å². The third-order valence-corrected chi connectivity index (χ3v) is 14.5. The van der Waals surface area contributed by atoms with Gasteiger partial charge in [0.05, 0.1) is 69.5 Å². The summed E-state index contributed by atoms with van der Waals surface area (Å²) >= 11 is 0. The fourth-order valence-corrected chi connectivity index (χ4v) is 9.55. The highest BCUT2D eigenvalue weighted by molar-refractivity contribution is 5.93.